The number of tetrazole rings is 1. The molecule has 1 unspecified atom stereocenters. The third-order valence-electron chi connectivity index (χ3n) is 6.61. The van der Waals surface area contributed by atoms with Gasteiger partial charge in [-0.25, -0.2) is 0 Å². The van der Waals surface area contributed by atoms with Gasteiger partial charge in [-0.15, -0.1) is 10.2 Å². The van der Waals surface area contributed by atoms with Gasteiger partial charge >= 0.3 is 6.18 Å². The SMILES string of the molecule is CC(c1ccc(Cl)cc1)c1cc(-c2ccc(CC(F)(F)F)cc2)n(Cc2ccc(C(=O)NCc3nn[nH]n3)cc2)n1. The summed E-state index contributed by atoms with van der Waals surface area (Å²) in [5.41, 5.74) is 4.90. The van der Waals surface area contributed by atoms with Crippen molar-refractivity contribution in [3.05, 3.63) is 118 Å². The highest BCUT2D eigenvalue weighted by atomic mass is 35.5. The van der Waals surface area contributed by atoms with Crippen LogP contribution in [0, 0.1) is 0 Å². The molecular weight excluding hydrogens is 555 g/mol. The molecule has 0 fully saturated rings. The van der Waals surface area contributed by atoms with Crippen LogP contribution < -0.4 is 5.32 Å². The maximum absolute atomic E-state index is 12.9. The van der Waals surface area contributed by atoms with Crippen LogP contribution in [0.4, 0.5) is 13.2 Å². The third kappa shape index (κ3) is 7.17. The van der Waals surface area contributed by atoms with Crippen molar-refractivity contribution in [2.75, 3.05) is 0 Å². The van der Waals surface area contributed by atoms with Crippen LogP contribution in [0.25, 0.3) is 11.3 Å². The number of hydrogen-bond donors (Lipinski definition) is 2. The Labute approximate surface area is 238 Å². The average molecular weight is 580 g/mol. The van der Waals surface area contributed by atoms with Gasteiger partial charge in [-0.1, -0.05) is 72.3 Å². The van der Waals surface area contributed by atoms with Crippen molar-refractivity contribution >= 4 is 17.5 Å². The maximum atomic E-state index is 12.9. The molecule has 0 aliphatic heterocycles. The number of rotatable bonds is 9. The number of benzene rings is 3. The van der Waals surface area contributed by atoms with Crippen LogP contribution in [0.2, 0.25) is 5.02 Å². The smallest absolute Gasteiger partial charge is 0.345 e. The molecule has 2 aromatic heterocycles. The predicted octanol–water partition coefficient (Wildman–Crippen LogP) is 5.95. The number of halogens is 4. The molecule has 0 aliphatic carbocycles. The van der Waals surface area contributed by atoms with Gasteiger partial charge < -0.3 is 5.32 Å². The monoisotopic (exact) mass is 579 g/mol. The zero-order valence-corrected chi connectivity index (χ0v) is 22.6. The van der Waals surface area contributed by atoms with Gasteiger partial charge in [0.1, 0.15) is 0 Å². The molecule has 0 spiro atoms. The lowest BCUT2D eigenvalue weighted by molar-refractivity contribution is -0.127. The van der Waals surface area contributed by atoms with E-state index in [0.29, 0.717) is 23.0 Å². The van der Waals surface area contributed by atoms with Gasteiger partial charge in [0.05, 0.1) is 30.9 Å². The Bertz CT molecular complexity index is 1600. The van der Waals surface area contributed by atoms with E-state index in [9.17, 15) is 18.0 Å². The van der Waals surface area contributed by atoms with Gasteiger partial charge in [0.2, 0.25) is 0 Å². The highest BCUT2D eigenvalue weighted by molar-refractivity contribution is 6.30. The van der Waals surface area contributed by atoms with Gasteiger partial charge in [-0.2, -0.15) is 23.5 Å². The van der Waals surface area contributed by atoms with E-state index in [4.69, 9.17) is 16.7 Å². The fraction of sp³-hybridized carbons (Fsp3) is 0.207. The molecule has 210 valence electrons. The number of alkyl halides is 3. The van der Waals surface area contributed by atoms with E-state index in [1.165, 1.54) is 12.1 Å². The van der Waals surface area contributed by atoms with Crippen LogP contribution in [0.5, 0.6) is 0 Å². The van der Waals surface area contributed by atoms with Crippen molar-refractivity contribution in [1.82, 2.24) is 35.7 Å². The molecule has 12 heteroatoms. The minimum Gasteiger partial charge on any atom is -0.345 e. The summed E-state index contributed by atoms with van der Waals surface area (Å²) in [6.45, 7) is 2.57. The van der Waals surface area contributed by atoms with E-state index in [1.54, 1.807) is 24.3 Å². The van der Waals surface area contributed by atoms with Crippen molar-refractivity contribution in [3.8, 4) is 11.3 Å². The molecule has 2 N–H and O–H groups in total. The Morgan fingerprint density at radius 3 is 2.32 bits per heavy atom. The van der Waals surface area contributed by atoms with Crippen LogP contribution in [-0.4, -0.2) is 42.5 Å². The first-order chi connectivity index (χ1) is 19.6. The van der Waals surface area contributed by atoms with Crippen LogP contribution in [0.1, 0.15) is 51.4 Å². The molecule has 2 heterocycles. The van der Waals surface area contributed by atoms with Gasteiger partial charge in [0.15, 0.2) is 5.82 Å². The molecule has 1 atom stereocenters. The molecule has 0 radical (unpaired) electrons. The second kappa shape index (κ2) is 11.9. The Kier molecular flexibility index (Phi) is 8.16. The number of carbonyl (C=O) groups excluding carboxylic acids is 1. The Morgan fingerprint density at radius 2 is 1.68 bits per heavy atom. The molecule has 0 saturated carbocycles. The first kappa shape index (κ1) is 28.0. The number of nitrogens with one attached hydrogen (secondary N) is 2. The standard InChI is InChI=1S/C29H25ClF3N7O/c1-18(21-10-12-24(30)13-11-21)25-14-26(22-6-2-19(3-7-22)15-29(31,32)33)40(37-25)17-20-4-8-23(9-5-20)28(41)34-16-27-35-38-39-36-27/h2-14,18H,15-17H2,1H3,(H,34,41)(H,35,36,38,39). The third-order valence-corrected chi connectivity index (χ3v) is 6.86. The number of aromatic amines is 1. The minimum absolute atomic E-state index is 0.0537. The highest BCUT2D eigenvalue weighted by Crippen LogP contribution is 2.30. The molecular formula is C29H25ClF3N7O. The molecule has 0 aliphatic rings. The van der Waals surface area contributed by atoms with Crippen LogP contribution in [-0.2, 0) is 19.5 Å². The number of H-pyrrole nitrogens is 1. The lowest BCUT2D eigenvalue weighted by atomic mass is 9.97. The summed E-state index contributed by atoms with van der Waals surface area (Å²) in [7, 11) is 0. The van der Waals surface area contributed by atoms with Crippen molar-refractivity contribution < 1.29 is 18.0 Å². The fourth-order valence-electron chi connectivity index (χ4n) is 4.40. The van der Waals surface area contributed by atoms with E-state index in [1.807, 2.05) is 54.1 Å². The van der Waals surface area contributed by atoms with Crippen molar-refractivity contribution in [3.63, 3.8) is 0 Å². The molecule has 1 amide bonds. The molecule has 0 bridgehead atoms. The van der Waals surface area contributed by atoms with Crippen LogP contribution in [0.15, 0.2) is 78.9 Å². The van der Waals surface area contributed by atoms with E-state index >= 15 is 0 Å². The van der Waals surface area contributed by atoms with Crippen LogP contribution >= 0.6 is 11.6 Å². The summed E-state index contributed by atoms with van der Waals surface area (Å²) in [5.74, 6) is 0.0393. The number of aromatic nitrogens is 6. The van der Waals surface area contributed by atoms with Gasteiger partial charge in [0.25, 0.3) is 5.91 Å². The maximum Gasteiger partial charge on any atom is 0.393 e. The highest BCUT2D eigenvalue weighted by Gasteiger charge is 2.27. The summed E-state index contributed by atoms with van der Waals surface area (Å²) < 4.78 is 40.5. The average Bonchev–Trinajstić information content (AvgIpc) is 3.62. The van der Waals surface area contributed by atoms with E-state index < -0.39 is 12.6 Å². The first-order valence-corrected chi connectivity index (χ1v) is 13.1. The second-order valence-electron chi connectivity index (χ2n) is 9.58. The van der Waals surface area contributed by atoms with E-state index in [0.717, 1.165) is 28.1 Å². The summed E-state index contributed by atoms with van der Waals surface area (Å²) in [6, 6.07) is 22.9. The number of hydrogen-bond acceptors (Lipinski definition) is 5. The van der Waals surface area contributed by atoms with Crippen molar-refractivity contribution in [1.29, 1.82) is 0 Å². The Hall–Kier alpha value is -4.51. The normalized spacial score (nSPS) is 12.3. The largest absolute Gasteiger partial charge is 0.393 e. The zero-order chi connectivity index (χ0) is 29.0. The Balaban J connectivity index is 1.39. The fourth-order valence-corrected chi connectivity index (χ4v) is 4.53. The lowest BCUT2D eigenvalue weighted by Crippen LogP contribution is -2.23. The van der Waals surface area contributed by atoms with Gasteiger partial charge in [-0.3, -0.25) is 9.48 Å². The zero-order valence-electron chi connectivity index (χ0n) is 21.9. The minimum atomic E-state index is -4.28. The van der Waals surface area contributed by atoms with E-state index in [2.05, 4.69) is 25.9 Å². The summed E-state index contributed by atoms with van der Waals surface area (Å²) in [4.78, 5) is 12.5. The molecule has 0 saturated heterocycles. The summed E-state index contributed by atoms with van der Waals surface area (Å²) in [6.07, 6.45) is -5.26. The number of amides is 1. The van der Waals surface area contributed by atoms with Crippen molar-refractivity contribution in [2.45, 2.75) is 38.5 Å². The lowest BCUT2D eigenvalue weighted by Gasteiger charge is -2.11. The molecule has 41 heavy (non-hydrogen) atoms. The Morgan fingerprint density at radius 1 is 1.00 bits per heavy atom. The van der Waals surface area contributed by atoms with Crippen LogP contribution in [0.3, 0.4) is 0 Å². The quantitative estimate of drug-likeness (QED) is 0.225. The summed E-state index contributed by atoms with van der Waals surface area (Å²) >= 11 is 6.06. The summed E-state index contributed by atoms with van der Waals surface area (Å²) in [5, 5.41) is 21.7. The predicted molar refractivity (Wildman–Crippen MR) is 147 cm³/mol. The molecule has 8 nitrogen and oxygen atoms in total. The van der Waals surface area contributed by atoms with Gasteiger partial charge in [-0.05, 0) is 52.6 Å². The molecule has 5 rings (SSSR count). The van der Waals surface area contributed by atoms with Crippen molar-refractivity contribution in [2.24, 2.45) is 0 Å². The number of carbonyl (C=O) groups is 1. The molecule has 5 aromatic rings. The topological polar surface area (TPSA) is 101 Å². The second-order valence-corrected chi connectivity index (χ2v) is 10.0. The van der Waals surface area contributed by atoms with E-state index in [-0.39, 0.29) is 23.9 Å². The molecule has 3 aromatic carbocycles. The first-order valence-electron chi connectivity index (χ1n) is 12.7. The number of nitrogens with zero attached hydrogens (tertiary/aromatic N) is 5. The van der Waals surface area contributed by atoms with Gasteiger partial charge in [0, 0.05) is 16.5 Å².